The van der Waals surface area contributed by atoms with E-state index in [-0.39, 0.29) is 5.91 Å². The molecule has 0 saturated carbocycles. The van der Waals surface area contributed by atoms with E-state index in [0.29, 0.717) is 31.2 Å². The van der Waals surface area contributed by atoms with Crippen molar-refractivity contribution in [1.82, 2.24) is 19.9 Å². The molecule has 6 nitrogen and oxygen atoms in total. The van der Waals surface area contributed by atoms with Crippen LogP contribution in [-0.2, 0) is 11.2 Å². The Hall–Kier alpha value is -1.43. The molecule has 1 amide bonds. The van der Waals surface area contributed by atoms with Crippen LogP contribution in [-0.4, -0.2) is 59.1 Å². The van der Waals surface area contributed by atoms with Gasteiger partial charge in [-0.05, 0) is 25.9 Å². The van der Waals surface area contributed by atoms with Gasteiger partial charge in [0.2, 0.25) is 11.8 Å². The molecule has 2 heterocycles. The molecule has 0 atom stereocenters. The number of carbonyl (C=O) groups excluding carboxylic acids is 1. The van der Waals surface area contributed by atoms with Crippen molar-refractivity contribution in [2.75, 3.05) is 33.2 Å². The highest BCUT2D eigenvalue weighted by molar-refractivity contribution is 5.77. The third-order valence-corrected chi connectivity index (χ3v) is 3.72. The molecular weight excluding hydrogens is 256 g/mol. The summed E-state index contributed by atoms with van der Waals surface area (Å²) in [6.07, 6.45) is 5.63. The van der Waals surface area contributed by atoms with Crippen LogP contribution in [0.3, 0.4) is 0 Å². The molecule has 1 aliphatic heterocycles. The van der Waals surface area contributed by atoms with E-state index in [2.05, 4.69) is 15.0 Å². The Morgan fingerprint density at radius 2 is 2.00 bits per heavy atom. The molecular formula is C14H24N4O2. The smallest absolute Gasteiger partial charge is 0.236 e. The van der Waals surface area contributed by atoms with Gasteiger partial charge in [-0.25, -0.2) is 0 Å². The van der Waals surface area contributed by atoms with Crippen LogP contribution in [0.5, 0.6) is 0 Å². The van der Waals surface area contributed by atoms with Gasteiger partial charge in [0, 0.05) is 26.9 Å². The molecule has 6 heteroatoms. The standard InChI is InChI=1S/C14H24N4O2/c1-12-15-13(16-20-12)7-10-17(2)14(19)11-18-8-5-3-4-6-9-18/h3-11H2,1-2H3. The molecule has 0 unspecified atom stereocenters. The maximum Gasteiger partial charge on any atom is 0.236 e. The number of aromatic nitrogens is 2. The molecule has 112 valence electrons. The van der Waals surface area contributed by atoms with Gasteiger partial charge in [-0.2, -0.15) is 4.98 Å². The van der Waals surface area contributed by atoms with Gasteiger partial charge >= 0.3 is 0 Å². The quantitative estimate of drug-likeness (QED) is 0.812. The lowest BCUT2D eigenvalue weighted by molar-refractivity contribution is -0.131. The van der Waals surface area contributed by atoms with E-state index in [0.717, 1.165) is 13.1 Å². The van der Waals surface area contributed by atoms with E-state index < -0.39 is 0 Å². The Bertz CT molecular complexity index is 425. The second-order valence-electron chi connectivity index (χ2n) is 5.49. The maximum absolute atomic E-state index is 12.2. The third-order valence-electron chi connectivity index (χ3n) is 3.72. The third kappa shape index (κ3) is 4.59. The molecule has 1 aromatic rings. The lowest BCUT2D eigenvalue weighted by Gasteiger charge is -2.23. The van der Waals surface area contributed by atoms with Crippen LogP contribution in [0.25, 0.3) is 0 Å². The molecule has 2 rings (SSSR count). The van der Waals surface area contributed by atoms with Crippen molar-refractivity contribution < 1.29 is 9.32 Å². The molecule has 0 aromatic carbocycles. The molecule has 0 spiro atoms. The molecule has 20 heavy (non-hydrogen) atoms. The summed E-state index contributed by atoms with van der Waals surface area (Å²) in [5, 5.41) is 3.84. The molecule has 1 aromatic heterocycles. The van der Waals surface area contributed by atoms with Gasteiger partial charge < -0.3 is 9.42 Å². The van der Waals surface area contributed by atoms with Crippen LogP contribution in [0.2, 0.25) is 0 Å². The first-order valence-electron chi connectivity index (χ1n) is 7.40. The van der Waals surface area contributed by atoms with Crippen LogP contribution < -0.4 is 0 Å². The lowest BCUT2D eigenvalue weighted by atomic mass is 10.2. The summed E-state index contributed by atoms with van der Waals surface area (Å²) >= 11 is 0. The van der Waals surface area contributed by atoms with Crippen molar-refractivity contribution in [3.63, 3.8) is 0 Å². The highest BCUT2D eigenvalue weighted by Gasteiger charge is 2.16. The van der Waals surface area contributed by atoms with Gasteiger partial charge in [0.15, 0.2) is 5.82 Å². The van der Waals surface area contributed by atoms with Crippen LogP contribution in [0.15, 0.2) is 4.52 Å². The van der Waals surface area contributed by atoms with Crippen molar-refractivity contribution in [1.29, 1.82) is 0 Å². The number of hydrogen-bond donors (Lipinski definition) is 0. The minimum Gasteiger partial charge on any atom is -0.344 e. The number of rotatable bonds is 5. The summed E-state index contributed by atoms with van der Waals surface area (Å²) in [7, 11) is 1.84. The number of likely N-dealkylation sites (N-methyl/N-ethyl adjacent to an activating group) is 1. The average Bonchev–Trinajstić information content (AvgIpc) is 2.68. The fraction of sp³-hybridized carbons (Fsp3) is 0.786. The summed E-state index contributed by atoms with van der Waals surface area (Å²) in [5.41, 5.74) is 0. The number of hydrogen-bond acceptors (Lipinski definition) is 5. The molecule has 0 bridgehead atoms. The molecule has 0 N–H and O–H groups in total. The van der Waals surface area contributed by atoms with E-state index >= 15 is 0 Å². The van der Waals surface area contributed by atoms with Gasteiger partial charge in [0.1, 0.15) is 0 Å². The topological polar surface area (TPSA) is 62.5 Å². The first-order chi connectivity index (χ1) is 9.65. The fourth-order valence-corrected chi connectivity index (χ4v) is 2.44. The lowest BCUT2D eigenvalue weighted by Crippen LogP contribution is -2.39. The molecule has 1 aliphatic rings. The Balaban J connectivity index is 1.73. The highest BCUT2D eigenvalue weighted by atomic mass is 16.5. The molecule has 1 fully saturated rings. The Kier molecular flexibility index (Phi) is 5.52. The maximum atomic E-state index is 12.2. The zero-order valence-corrected chi connectivity index (χ0v) is 12.5. The van der Waals surface area contributed by atoms with Crippen LogP contribution in [0, 0.1) is 6.92 Å². The minimum atomic E-state index is 0.173. The minimum absolute atomic E-state index is 0.173. The number of likely N-dealkylation sites (tertiary alicyclic amines) is 1. The van der Waals surface area contributed by atoms with E-state index in [1.807, 2.05) is 7.05 Å². The van der Waals surface area contributed by atoms with Gasteiger partial charge in [-0.1, -0.05) is 18.0 Å². The first kappa shape index (κ1) is 15.0. The molecule has 0 aliphatic carbocycles. The van der Waals surface area contributed by atoms with Crippen molar-refractivity contribution in [3.05, 3.63) is 11.7 Å². The van der Waals surface area contributed by atoms with Crippen LogP contribution in [0.1, 0.15) is 37.4 Å². The number of amides is 1. The molecule has 0 radical (unpaired) electrons. The Morgan fingerprint density at radius 3 is 2.60 bits per heavy atom. The summed E-state index contributed by atoms with van der Waals surface area (Å²) in [6, 6.07) is 0. The number of aryl methyl sites for hydroxylation is 1. The monoisotopic (exact) mass is 280 g/mol. The van der Waals surface area contributed by atoms with Crippen molar-refractivity contribution in [2.45, 2.75) is 39.0 Å². The van der Waals surface area contributed by atoms with E-state index in [1.54, 1.807) is 11.8 Å². The summed E-state index contributed by atoms with van der Waals surface area (Å²) in [5.74, 6) is 1.41. The predicted octanol–water partition coefficient (Wildman–Crippen LogP) is 1.25. The normalized spacial score (nSPS) is 16.9. The van der Waals surface area contributed by atoms with Gasteiger partial charge in [-0.3, -0.25) is 9.69 Å². The van der Waals surface area contributed by atoms with E-state index in [4.69, 9.17) is 4.52 Å². The second kappa shape index (κ2) is 7.38. The first-order valence-corrected chi connectivity index (χ1v) is 7.40. The number of nitrogens with zero attached hydrogens (tertiary/aromatic N) is 4. The van der Waals surface area contributed by atoms with Crippen molar-refractivity contribution in [2.24, 2.45) is 0 Å². The molecule has 1 saturated heterocycles. The van der Waals surface area contributed by atoms with Crippen LogP contribution in [0.4, 0.5) is 0 Å². The summed E-state index contributed by atoms with van der Waals surface area (Å²) < 4.78 is 4.92. The van der Waals surface area contributed by atoms with Gasteiger partial charge in [-0.15, -0.1) is 0 Å². The predicted molar refractivity (Wildman–Crippen MR) is 75.3 cm³/mol. The largest absolute Gasteiger partial charge is 0.344 e. The van der Waals surface area contributed by atoms with E-state index in [1.165, 1.54) is 25.7 Å². The highest BCUT2D eigenvalue weighted by Crippen LogP contribution is 2.09. The van der Waals surface area contributed by atoms with E-state index in [9.17, 15) is 4.79 Å². The average molecular weight is 280 g/mol. The zero-order valence-electron chi connectivity index (χ0n) is 12.5. The zero-order chi connectivity index (χ0) is 14.4. The van der Waals surface area contributed by atoms with Crippen LogP contribution >= 0.6 is 0 Å². The Morgan fingerprint density at radius 1 is 1.30 bits per heavy atom. The number of carbonyl (C=O) groups is 1. The van der Waals surface area contributed by atoms with Gasteiger partial charge in [0.05, 0.1) is 6.54 Å². The Labute approximate surface area is 120 Å². The second-order valence-corrected chi connectivity index (χ2v) is 5.49. The SMILES string of the molecule is Cc1nc(CCN(C)C(=O)CN2CCCCCC2)no1. The van der Waals surface area contributed by atoms with Crippen molar-refractivity contribution in [3.8, 4) is 0 Å². The summed E-state index contributed by atoms with van der Waals surface area (Å²) in [6.45, 7) is 5.02. The van der Waals surface area contributed by atoms with Gasteiger partial charge in [0.25, 0.3) is 0 Å². The van der Waals surface area contributed by atoms with Crippen molar-refractivity contribution >= 4 is 5.91 Å². The summed E-state index contributed by atoms with van der Waals surface area (Å²) in [4.78, 5) is 20.3. The fourth-order valence-electron chi connectivity index (χ4n) is 2.44.